The maximum atomic E-state index is 13.3. The van der Waals surface area contributed by atoms with Crippen LogP contribution in [0.25, 0.3) is 10.9 Å². The van der Waals surface area contributed by atoms with Gasteiger partial charge in [-0.25, -0.2) is 4.39 Å². The third-order valence-corrected chi connectivity index (χ3v) is 4.31. The second-order valence-electron chi connectivity index (χ2n) is 6.55. The van der Waals surface area contributed by atoms with Crippen molar-refractivity contribution in [3.63, 3.8) is 0 Å². The van der Waals surface area contributed by atoms with Gasteiger partial charge < -0.3 is 15.5 Å². The summed E-state index contributed by atoms with van der Waals surface area (Å²) < 4.78 is 14.8. The number of aryl methyl sites for hydroxylation is 1. The lowest BCUT2D eigenvalue weighted by molar-refractivity contribution is -0.0597. The molecule has 0 aliphatic rings. The van der Waals surface area contributed by atoms with Crippen LogP contribution >= 0.6 is 0 Å². The van der Waals surface area contributed by atoms with E-state index in [2.05, 4.69) is 16.5 Å². The number of hydrogen-bond acceptors (Lipinski definition) is 5. The monoisotopic (exact) mass is 354 g/mol. The molecule has 134 valence electrons. The molecular weight excluding hydrogens is 335 g/mol. The topological polar surface area (TPSA) is 94.1 Å². The van der Waals surface area contributed by atoms with Crippen molar-refractivity contribution in [1.29, 1.82) is 5.26 Å². The Morgan fingerprint density at radius 1 is 1.35 bits per heavy atom. The number of benzene rings is 2. The van der Waals surface area contributed by atoms with Gasteiger partial charge in [0.25, 0.3) is 0 Å². The van der Waals surface area contributed by atoms with Crippen LogP contribution in [-0.4, -0.2) is 31.8 Å². The summed E-state index contributed by atoms with van der Waals surface area (Å²) in [5.41, 5.74) is 1.01. The molecule has 6 nitrogen and oxygen atoms in total. The molecule has 7 heteroatoms. The molecule has 1 unspecified atom stereocenters. The molecule has 1 heterocycles. The SMILES string of the molecule is Cc1cc(NC(O)[C@@](C)(O)Cn2ncc3cc(F)ccc32)ccc1C#N. The van der Waals surface area contributed by atoms with E-state index in [1.807, 2.05) is 0 Å². The van der Waals surface area contributed by atoms with E-state index in [0.29, 0.717) is 22.2 Å². The Morgan fingerprint density at radius 2 is 2.12 bits per heavy atom. The number of nitrogens with one attached hydrogen (secondary N) is 1. The lowest BCUT2D eigenvalue weighted by atomic mass is 10.0. The summed E-state index contributed by atoms with van der Waals surface area (Å²) >= 11 is 0. The largest absolute Gasteiger partial charge is 0.384 e. The summed E-state index contributed by atoms with van der Waals surface area (Å²) in [5, 5.41) is 37.7. The van der Waals surface area contributed by atoms with Crippen molar-refractivity contribution in [3.05, 3.63) is 59.5 Å². The Balaban J connectivity index is 1.78. The quantitative estimate of drug-likeness (QED) is 0.612. The second-order valence-corrected chi connectivity index (χ2v) is 6.55. The van der Waals surface area contributed by atoms with Crippen LogP contribution in [0.1, 0.15) is 18.1 Å². The Morgan fingerprint density at radius 3 is 2.81 bits per heavy atom. The van der Waals surface area contributed by atoms with Gasteiger partial charge in [-0.3, -0.25) is 4.68 Å². The van der Waals surface area contributed by atoms with E-state index >= 15 is 0 Å². The zero-order chi connectivity index (χ0) is 18.9. The molecular formula is C19H19FN4O2. The molecule has 0 fully saturated rings. The highest BCUT2D eigenvalue weighted by Gasteiger charge is 2.32. The lowest BCUT2D eigenvalue weighted by Gasteiger charge is -2.30. The number of aliphatic hydroxyl groups is 2. The first-order chi connectivity index (χ1) is 12.3. The fraction of sp³-hybridized carbons (Fsp3) is 0.263. The highest BCUT2D eigenvalue weighted by molar-refractivity contribution is 5.78. The number of anilines is 1. The average molecular weight is 354 g/mol. The van der Waals surface area contributed by atoms with Crippen molar-refractivity contribution in [2.45, 2.75) is 32.2 Å². The molecule has 0 amide bonds. The van der Waals surface area contributed by atoms with Crippen LogP contribution in [0.3, 0.4) is 0 Å². The molecule has 0 aliphatic heterocycles. The standard InChI is InChI=1S/C19H19FN4O2/c1-12-7-16(5-3-13(12)9-21)23-18(25)19(2,26)11-24-17-6-4-15(20)8-14(17)10-22-24/h3-8,10,18,23,25-26H,11H2,1-2H3/t18?,19-/m0/s1. The van der Waals surface area contributed by atoms with Crippen molar-refractivity contribution in [2.75, 3.05) is 5.32 Å². The van der Waals surface area contributed by atoms with Gasteiger partial charge in [0.1, 0.15) is 11.4 Å². The van der Waals surface area contributed by atoms with E-state index in [0.717, 1.165) is 5.56 Å². The highest BCUT2D eigenvalue weighted by Crippen LogP contribution is 2.22. The van der Waals surface area contributed by atoms with Crippen LogP contribution in [0.5, 0.6) is 0 Å². The molecule has 2 atom stereocenters. The van der Waals surface area contributed by atoms with Crippen LogP contribution in [-0.2, 0) is 6.54 Å². The highest BCUT2D eigenvalue weighted by atomic mass is 19.1. The predicted octanol–water partition coefficient (Wildman–Crippen LogP) is 2.54. The first kappa shape index (κ1) is 17.9. The molecule has 0 radical (unpaired) electrons. The van der Waals surface area contributed by atoms with Crippen molar-refractivity contribution < 1.29 is 14.6 Å². The molecule has 3 N–H and O–H groups in total. The summed E-state index contributed by atoms with van der Waals surface area (Å²) in [6.45, 7) is 3.28. The minimum absolute atomic E-state index is 0.00552. The minimum atomic E-state index is -1.55. The summed E-state index contributed by atoms with van der Waals surface area (Å²) in [4.78, 5) is 0. The molecule has 0 saturated carbocycles. The van der Waals surface area contributed by atoms with E-state index in [-0.39, 0.29) is 12.4 Å². The van der Waals surface area contributed by atoms with E-state index < -0.39 is 11.8 Å². The zero-order valence-electron chi connectivity index (χ0n) is 14.4. The van der Waals surface area contributed by atoms with Gasteiger partial charge in [-0.1, -0.05) is 0 Å². The molecule has 0 bridgehead atoms. The maximum absolute atomic E-state index is 13.3. The van der Waals surface area contributed by atoms with Crippen LogP contribution in [0.15, 0.2) is 42.6 Å². The molecule has 26 heavy (non-hydrogen) atoms. The van der Waals surface area contributed by atoms with Gasteiger partial charge in [-0.05, 0) is 55.8 Å². The Labute approximate surface area is 150 Å². The third kappa shape index (κ3) is 3.52. The van der Waals surface area contributed by atoms with Crippen molar-refractivity contribution in [3.8, 4) is 6.07 Å². The number of fused-ring (bicyclic) bond motifs is 1. The van der Waals surface area contributed by atoms with Crippen LogP contribution < -0.4 is 5.32 Å². The summed E-state index contributed by atoms with van der Waals surface area (Å²) in [7, 11) is 0. The number of nitriles is 1. The maximum Gasteiger partial charge on any atom is 0.155 e. The van der Waals surface area contributed by atoms with Gasteiger partial charge >= 0.3 is 0 Å². The Kier molecular flexibility index (Phi) is 4.64. The normalized spacial score (nSPS) is 14.6. The van der Waals surface area contributed by atoms with Crippen LogP contribution in [0.2, 0.25) is 0 Å². The van der Waals surface area contributed by atoms with Gasteiger partial charge in [0.05, 0.1) is 29.9 Å². The molecule has 3 rings (SSSR count). The molecule has 1 aromatic heterocycles. The molecule has 0 spiro atoms. The lowest BCUT2D eigenvalue weighted by Crippen LogP contribution is -2.47. The summed E-state index contributed by atoms with van der Waals surface area (Å²) in [5.74, 6) is -0.360. The second kappa shape index (κ2) is 6.75. The van der Waals surface area contributed by atoms with E-state index in [4.69, 9.17) is 5.26 Å². The van der Waals surface area contributed by atoms with E-state index in [1.54, 1.807) is 31.2 Å². The third-order valence-electron chi connectivity index (χ3n) is 4.31. The number of aliphatic hydroxyl groups excluding tert-OH is 1. The predicted molar refractivity (Wildman–Crippen MR) is 95.8 cm³/mol. The Bertz CT molecular complexity index is 991. The molecule has 0 aliphatic carbocycles. The van der Waals surface area contributed by atoms with Gasteiger partial charge in [0.2, 0.25) is 0 Å². The Hall–Kier alpha value is -2.95. The molecule has 2 aromatic carbocycles. The van der Waals surface area contributed by atoms with E-state index in [1.165, 1.54) is 29.9 Å². The fourth-order valence-electron chi connectivity index (χ4n) is 2.77. The van der Waals surface area contributed by atoms with Crippen molar-refractivity contribution in [2.24, 2.45) is 0 Å². The first-order valence-corrected chi connectivity index (χ1v) is 8.09. The van der Waals surface area contributed by atoms with Gasteiger partial charge in [-0.2, -0.15) is 10.4 Å². The van der Waals surface area contributed by atoms with Gasteiger partial charge in [-0.15, -0.1) is 0 Å². The number of nitrogens with zero attached hydrogens (tertiary/aromatic N) is 3. The number of rotatable bonds is 5. The molecule has 3 aromatic rings. The van der Waals surface area contributed by atoms with Crippen molar-refractivity contribution >= 4 is 16.6 Å². The van der Waals surface area contributed by atoms with Crippen molar-refractivity contribution in [1.82, 2.24) is 9.78 Å². The molecule has 0 saturated heterocycles. The summed E-state index contributed by atoms with van der Waals surface area (Å²) in [6, 6.07) is 11.4. The van der Waals surface area contributed by atoms with Gasteiger partial charge in [0, 0.05) is 11.1 Å². The van der Waals surface area contributed by atoms with E-state index in [9.17, 15) is 14.6 Å². The summed E-state index contributed by atoms with van der Waals surface area (Å²) in [6.07, 6.45) is 0.229. The van der Waals surface area contributed by atoms with Crippen LogP contribution in [0, 0.1) is 24.1 Å². The van der Waals surface area contributed by atoms with Crippen LogP contribution in [0.4, 0.5) is 10.1 Å². The smallest absolute Gasteiger partial charge is 0.155 e. The minimum Gasteiger partial charge on any atom is -0.384 e. The zero-order valence-corrected chi connectivity index (χ0v) is 14.4. The first-order valence-electron chi connectivity index (χ1n) is 8.09. The fourth-order valence-corrected chi connectivity index (χ4v) is 2.77. The average Bonchev–Trinajstić information content (AvgIpc) is 2.96. The van der Waals surface area contributed by atoms with Gasteiger partial charge in [0.15, 0.2) is 6.23 Å². The number of hydrogen-bond donors (Lipinski definition) is 3. The number of halogens is 1. The number of aromatic nitrogens is 2.